The highest BCUT2D eigenvalue weighted by Gasteiger charge is 2.27. The van der Waals surface area contributed by atoms with Gasteiger partial charge in [0, 0.05) is 32.7 Å². The van der Waals surface area contributed by atoms with Gasteiger partial charge in [0.2, 0.25) is 6.41 Å². The highest BCUT2D eigenvalue weighted by Crippen LogP contribution is 2.34. The zero-order valence-electron chi connectivity index (χ0n) is 13.6. The van der Waals surface area contributed by atoms with Crippen LogP contribution in [0.2, 0.25) is 0 Å². The Morgan fingerprint density at radius 2 is 1.70 bits per heavy atom. The molecule has 0 atom stereocenters. The molecule has 1 amide bonds. The van der Waals surface area contributed by atoms with Crippen LogP contribution in [-0.4, -0.2) is 48.9 Å². The maximum atomic E-state index is 10.8. The van der Waals surface area contributed by atoms with Crippen LogP contribution in [0.5, 0.6) is 0 Å². The van der Waals surface area contributed by atoms with Crippen LogP contribution in [0.4, 0.5) is 0 Å². The van der Waals surface area contributed by atoms with Crippen LogP contribution in [0.3, 0.4) is 0 Å². The fourth-order valence-corrected chi connectivity index (χ4v) is 4.00. The van der Waals surface area contributed by atoms with Gasteiger partial charge in [-0.25, -0.2) is 0 Å². The molecule has 3 nitrogen and oxygen atoms in total. The van der Waals surface area contributed by atoms with Crippen molar-refractivity contribution in [2.75, 3.05) is 26.7 Å². The third-order valence-electron chi connectivity index (χ3n) is 5.65. The third kappa shape index (κ3) is 4.21. The van der Waals surface area contributed by atoms with E-state index in [0.717, 1.165) is 37.0 Å². The number of hydrogen-bond acceptors (Lipinski definition) is 2. The molecule has 0 radical (unpaired) electrons. The molecule has 1 aliphatic carbocycles. The molecule has 0 aromatic rings. The number of carbonyl (C=O) groups excluding carboxylic acids is 1. The van der Waals surface area contributed by atoms with Crippen molar-refractivity contribution in [1.29, 1.82) is 0 Å². The molecular weight excluding hydrogens is 248 g/mol. The summed E-state index contributed by atoms with van der Waals surface area (Å²) in [6, 6.07) is 0.473. The van der Waals surface area contributed by atoms with Crippen molar-refractivity contribution in [3.8, 4) is 0 Å². The van der Waals surface area contributed by atoms with Crippen molar-refractivity contribution in [2.24, 2.45) is 17.8 Å². The SMILES string of the molecule is CC(C)C1CCC(CN2CCC(N(C)C=O)CC2)CC1. The molecular formula is C17H32N2O. The molecule has 0 aromatic carbocycles. The smallest absolute Gasteiger partial charge is 0.209 e. The number of likely N-dealkylation sites (tertiary alicyclic amines) is 1. The van der Waals surface area contributed by atoms with Gasteiger partial charge in [-0.1, -0.05) is 13.8 Å². The van der Waals surface area contributed by atoms with E-state index in [0.29, 0.717) is 6.04 Å². The molecule has 1 aliphatic heterocycles. The topological polar surface area (TPSA) is 23.6 Å². The Bertz CT molecular complexity index is 289. The molecule has 1 saturated heterocycles. The number of piperidine rings is 1. The first-order valence-corrected chi connectivity index (χ1v) is 8.49. The molecule has 1 heterocycles. The van der Waals surface area contributed by atoms with E-state index in [2.05, 4.69) is 18.7 Å². The van der Waals surface area contributed by atoms with Crippen molar-refractivity contribution in [2.45, 2.75) is 58.4 Å². The maximum absolute atomic E-state index is 10.8. The van der Waals surface area contributed by atoms with Gasteiger partial charge < -0.3 is 9.80 Å². The number of carbonyl (C=O) groups is 1. The maximum Gasteiger partial charge on any atom is 0.209 e. The molecule has 0 bridgehead atoms. The van der Waals surface area contributed by atoms with Crippen molar-refractivity contribution in [1.82, 2.24) is 9.80 Å². The Kier molecular flexibility index (Phi) is 5.88. The minimum absolute atomic E-state index is 0.473. The second-order valence-electron chi connectivity index (χ2n) is 7.33. The van der Waals surface area contributed by atoms with Gasteiger partial charge in [-0.3, -0.25) is 4.79 Å². The fraction of sp³-hybridized carbons (Fsp3) is 0.941. The van der Waals surface area contributed by atoms with Crippen molar-refractivity contribution < 1.29 is 4.79 Å². The lowest BCUT2D eigenvalue weighted by Crippen LogP contribution is -2.44. The summed E-state index contributed by atoms with van der Waals surface area (Å²) in [5.74, 6) is 2.76. The van der Waals surface area contributed by atoms with Gasteiger partial charge in [0.15, 0.2) is 0 Å². The van der Waals surface area contributed by atoms with E-state index in [1.54, 1.807) is 0 Å². The lowest BCUT2D eigenvalue weighted by molar-refractivity contribution is -0.119. The summed E-state index contributed by atoms with van der Waals surface area (Å²) in [6.07, 6.45) is 9.01. The van der Waals surface area contributed by atoms with E-state index in [-0.39, 0.29) is 0 Å². The van der Waals surface area contributed by atoms with Gasteiger partial charge in [-0.05, 0) is 56.3 Å². The Morgan fingerprint density at radius 3 is 2.20 bits per heavy atom. The van der Waals surface area contributed by atoms with Gasteiger partial charge in [0.1, 0.15) is 0 Å². The average Bonchev–Trinajstić information content (AvgIpc) is 2.48. The zero-order chi connectivity index (χ0) is 14.5. The largest absolute Gasteiger partial charge is 0.345 e. The van der Waals surface area contributed by atoms with E-state index < -0.39 is 0 Å². The number of rotatable bonds is 5. The van der Waals surface area contributed by atoms with Crippen molar-refractivity contribution in [3.05, 3.63) is 0 Å². The predicted molar refractivity (Wildman–Crippen MR) is 83.6 cm³/mol. The molecule has 0 spiro atoms. The molecule has 2 fully saturated rings. The zero-order valence-corrected chi connectivity index (χ0v) is 13.6. The van der Waals surface area contributed by atoms with E-state index in [1.165, 1.54) is 45.3 Å². The molecule has 0 aromatic heterocycles. The second-order valence-corrected chi connectivity index (χ2v) is 7.33. The highest BCUT2D eigenvalue weighted by atomic mass is 16.1. The molecule has 2 rings (SSSR count). The van der Waals surface area contributed by atoms with Crippen molar-refractivity contribution >= 4 is 6.41 Å². The monoisotopic (exact) mass is 280 g/mol. The van der Waals surface area contributed by atoms with Gasteiger partial charge >= 0.3 is 0 Å². The van der Waals surface area contributed by atoms with Crippen LogP contribution in [-0.2, 0) is 4.79 Å². The van der Waals surface area contributed by atoms with E-state index in [1.807, 2.05) is 11.9 Å². The van der Waals surface area contributed by atoms with E-state index in [9.17, 15) is 4.79 Å². The summed E-state index contributed by atoms with van der Waals surface area (Å²) in [5.41, 5.74) is 0. The fourth-order valence-electron chi connectivity index (χ4n) is 4.00. The Balaban J connectivity index is 1.67. The third-order valence-corrected chi connectivity index (χ3v) is 5.65. The number of amides is 1. The van der Waals surface area contributed by atoms with Gasteiger partial charge in [-0.15, -0.1) is 0 Å². The van der Waals surface area contributed by atoms with Crippen LogP contribution in [0.1, 0.15) is 52.4 Å². The molecule has 2 aliphatic rings. The Morgan fingerprint density at radius 1 is 1.10 bits per heavy atom. The van der Waals surface area contributed by atoms with Crippen LogP contribution in [0.15, 0.2) is 0 Å². The summed E-state index contributed by atoms with van der Waals surface area (Å²) < 4.78 is 0. The minimum Gasteiger partial charge on any atom is -0.345 e. The Labute approximate surface area is 124 Å². The first-order valence-electron chi connectivity index (χ1n) is 8.49. The molecule has 20 heavy (non-hydrogen) atoms. The normalized spacial score (nSPS) is 29.6. The molecule has 0 N–H and O–H groups in total. The molecule has 3 heteroatoms. The van der Waals surface area contributed by atoms with Crippen LogP contribution in [0, 0.1) is 17.8 Å². The number of nitrogens with zero attached hydrogens (tertiary/aromatic N) is 2. The summed E-state index contributed by atoms with van der Waals surface area (Å²) in [4.78, 5) is 15.3. The minimum atomic E-state index is 0.473. The van der Waals surface area contributed by atoms with Crippen molar-refractivity contribution in [3.63, 3.8) is 0 Å². The van der Waals surface area contributed by atoms with Crippen LogP contribution >= 0.6 is 0 Å². The van der Waals surface area contributed by atoms with Crippen LogP contribution in [0.25, 0.3) is 0 Å². The summed E-state index contributed by atoms with van der Waals surface area (Å²) >= 11 is 0. The average molecular weight is 280 g/mol. The molecule has 0 unspecified atom stereocenters. The Hall–Kier alpha value is -0.570. The predicted octanol–water partition coefficient (Wildman–Crippen LogP) is 3.00. The molecule has 1 saturated carbocycles. The van der Waals surface area contributed by atoms with E-state index in [4.69, 9.17) is 0 Å². The lowest BCUT2D eigenvalue weighted by Gasteiger charge is -2.38. The number of hydrogen-bond donors (Lipinski definition) is 0. The summed E-state index contributed by atoms with van der Waals surface area (Å²) in [6.45, 7) is 8.39. The van der Waals surface area contributed by atoms with Gasteiger partial charge in [-0.2, -0.15) is 0 Å². The highest BCUT2D eigenvalue weighted by molar-refractivity contribution is 5.47. The summed E-state index contributed by atoms with van der Waals surface area (Å²) in [7, 11) is 1.92. The first-order chi connectivity index (χ1) is 9.60. The van der Waals surface area contributed by atoms with Crippen LogP contribution < -0.4 is 0 Å². The first kappa shape index (κ1) is 15.8. The van der Waals surface area contributed by atoms with E-state index >= 15 is 0 Å². The quantitative estimate of drug-likeness (QED) is 0.723. The molecule has 116 valence electrons. The lowest BCUT2D eigenvalue weighted by atomic mass is 9.77. The summed E-state index contributed by atoms with van der Waals surface area (Å²) in [5, 5.41) is 0. The van der Waals surface area contributed by atoms with Gasteiger partial charge in [0.05, 0.1) is 0 Å². The second kappa shape index (κ2) is 7.44. The standard InChI is InChI=1S/C17H32N2O/c1-14(2)16-6-4-15(5-7-16)12-19-10-8-17(9-11-19)18(3)13-20/h13-17H,4-12H2,1-3H3. The van der Waals surface area contributed by atoms with Gasteiger partial charge in [0.25, 0.3) is 0 Å².